The SMILES string of the molecule is CCCNC(=NCC1(C2CC2)CCC1)NCC. The van der Waals surface area contributed by atoms with Crippen LogP contribution >= 0.6 is 0 Å². The number of hydrogen-bond acceptors (Lipinski definition) is 1. The zero-order valence-corrected chi connectivity index (χ0v) is 11.4. The lowest BCUT2D eigenvalue weighted by Crippen LogP contribution is -2.40. The Hall–Kier alpha value is -0.730. The molecule has 0 unspecified atom stereocenters. The Kier molecular flexibility index (Phi) is 4.30. The third-order valence-corrected chi connectivity index (χ3v) is 4.23. The molecule has 2 saturated carbocycles. The van der Waals surface area contributed by atoms with Crippen molar-refractivity contribution in [1.82, 2.24) is 10.6 Å². The van der Waals surface area contributed by atoms with Crippen molar-refractivity contribution < 1.29 is 0 Å². The van der Waals surface area contributed by atoms with Crippen LogP contribution in [0.3, 0.4) is 0 Å². The minimum Gasteiger partial charge on any atom is -0.357 e. The summed E-state index contributed by atoms with van der Waals surface area (Å²) in [4.78, 5) is 4.80. The molecule has 2 aliphatic rings. The van der Waals surface area contributed by atoms with E-state index in [1.807, 2.05) is 0 Å². The molecule has 2 aliphatic carbocycles. The summed E-state index contributed by atoms with van der Waals surface area (Å²) < 4.78 is 0. The van der Waals surface area contributed by atoms with Crippen molar-refractivity contribution in [2.24, 2.45) is 16.3 Å². The van der Waals surface area contributed by atoms with Crippen molar-refractivity contribution in [3.8, 4) is 0 Å². The van der Waals surface area contributed by atoms with Crippen LogP contribution in [0, 0.1) is 11.3 Å². The number of nitrogens with one attached hydrogen (secondary N) is 2. The number of hydrogen-bond donors (Lipinski definition) is 2. The van der Waals surface area contributed by atoms with E-state index in [0.29, 0.717) is 5.41 Å². The summed E-state index contributed by atoms with van der Waals surface area (Å²) in [5, 5.41) is 6.73. The van der Waals surface area contributed by atoms with Gasteiger partial charge in [-0.25, -0.2) is 0 Å². The highest BCUT2D eigenvalue weighted by Crippen LogP contribution is 2.57. The molecular formula is C14H27N3. The van der Waals surface area contributed by atoms with Crippen LogP contribution in [0.25, 0.3) is 0 Å². The average molecular weight is 237 g/mol. The van der Waals surface area contributed by atoms with Crippen molar-refractivity contribution >= 4 is 5.96 Å². The van der Waals surface area contributed by atoms with Gasteiger partial charge in [-0.15, -0.1) is 0 Å². The number of nitrogens with zero attached hydrogens (tertiary/aromatic N) is 1. The van der Waals surface area contributed by atoms with Crippen LogP contribution in [-0.4, -0.2) is 25.6 Å². The summed E-state index contributed by atoms with van der Waals surface area (Å²) >= 11 is 0. The molecule has 0 spiro atoms. The van der Waals surface area contributed by atoms with Gasteiger partial charge in [0.2, 0.25) is 0 Å². The monoisotopic (exact) mass is 237 g/mol. The zero-order chi connectivity index (χ0) is 12.1. The maximum atomic E-state index is 4.80. The lowest BCUT2D eigenvalue weighted by atomic mass is 9.65. The smallest absolute Gasteiger partial charge is 0.191 e. The van der Waals surface area contributed by atoms with E-state index in [0.717, 1.165) is 37.9 Å². The highest BCUT2D eigenvalue weighted by Gasteiger charge is 2.48. The first-order valence-corrected chi connectivity index (χ1v) is 7.33. The minimum atomic E-state index is 0.592. The second kappa shape index (κ2) is 5.74. The van der Waals surface area contributed by atoms with Crippen LogP contribution in [0.5, 0.6) is 0 Å². The standard InChI is InChI=1S/C14H27N3/c1-3-10-16-13(15-4-2)17-11-14(8-5-9-14)12-6-7-12/h12H,3-11H2,1-2H3,(H2,15,16,17). The normalized spacial score (nSPS) is 23.1. The first-order chi connectivity index (χ1) is 8.30. The fourth-order valence-corrected chi connectivity index (χ4v) is 2.84. The van der Waals surface area contributed by atoms with Gasteiger partial charge < -0.3 is 10.6 Å². The first kappa shape index (κ1) is 12.7. The Bertz CT molecular complexity index is 265. The summed E-state index contributed by atoms with van der Waals surface area (Å²) in [6.45, 7) is 7.32. The number of aliphatic imine (C=N–C) groups is 1. The molecule has 0 amide bonds. The molecule has 2 fully saturated rings. The quantitative estimate of drug-likeness (QED) is 0.550. The van der Waals surface area contributed by atoms with Crippen LogP contribution in [-0.2, 0) is 0 Å². The van der Waals surface area contributed by atoms with Crippen molar-refractivity contribution in [1.29, 1.82) is 0 Å². The Morgan fingerprint density at radius 1 is 1.24 bits per heavy atom. The molecule has 98 valence electrons. The van der Waals surface area contributed by atoms with Crippen LogP contribution in [0.15, 0.2) is 4.99 Å². The van der Waals surface area contributed by atoms with Gasteiger partial charge in [0.1, 0.15) is 0 Å². The van der Waals surface area contributed by atoms with Crippen molar-refractivity contribution in [2.75, 3.05) is 19.6 Å². The number of guanidine groups is 1. The second-order valence-corrected chi connectivity index (χ2v) is 5.61. The van der Waals surface area contributed by atoms with Crippen molar-refractivity contribution in [3.63, 3.8) is 0 Å². The first-order valence-electron chi connectivity index (χ1n) is 7.33. The van der Waals surface area contributed by atoms with Gasteiger partial charge in [-0.1, -0.05) is 13.3 Å². The van der Waals surface area contributed by atoms with Gasteiger partial charge in [0.15, 0.2) is 5.96 Å². The molecule has 3 heteroatoms. The van der Waals surface area contributed by atoms with E-state index in [2.05, 4.69) is 24.5 Å². The maximum absolute atomic E-state index is 4.80. The molecule has 0 heterocycles. The van der Waals surface area contributed by atoms with E-state index < -0.39 is 0 Å². The predicted molar refractivity (Wildman–Crippen MR) is 73.3 cm³/mol. The van der Waals surface area contributed by atoms with Gasteiger partial charge in [-0.2, -0.15) is 0 Å². The summed E-state index contributed by atoms with van der Waals surface area (Å²) in [5.41, 5.74) is 0.592. The molecule has 3 nitrogen and oxygen atoms in total. The highest BCUT2D eigenvalue weighted by atomic mass is 15.2. The van der Waals surface area contributed by atoms with Gasteiger partial charge in [-0.3, -0.25) is 4.99 Å². The molecule has 0 aromatic carbocycles. The van der Waals surface area contributed by atoms with Crippen LogP contribution in [0.4, 0.5) is 0 Å². The maximum Gasteiger partial charge on any atom is 0.191 e. The van der Waals surface area contributed by atoms with Gasteiger partial charge in [0, 0.05) is 19.6 Å². The molecule has 0 radical (unpaired) electrons. The zero-order valence-electron chi connectivity index (χ0n) is 11.4. The third-order valence-electron chi connectivity index (χ3n) is 4.23. The topological polar surface area (TPSA) is 36.4 Å². The van der Waals surface area contributed by atoms with Crippen LogP contribution in [0.2, 0.25) is 0 Å². The predicted octanol–water partition coefficient (Wildman–Crippen LogP) is 2.53. The molecule has 0 atom stereocenters. The molecule has 0 aliphatic heterocycles. The molecule has 0 aromatic heterocycles. The van der Waals surface area contributed by atoms with Crippen LogP contribution in [0.1, 0.15) is 52.4 Å². The van der Waals surface area contributed by atoms with Crippen LogP contribution < -0.4 is 10.6 Å². The summed E-state index contributed by atoms with van der Waals surface area (Å²) in [6, 6.07) is 0. The van der Waals surface area contributed by atoms with Crippen molar-refractivity contribution in [2.45, 2.75) is 52.4 Å². The number of rotatable bonds is 6. The average Bonchev–Trinajstić information content (AvgIpc) is 3.08. The van der Waals surface area contributed by atoms with Gasteiger partial charge >= 0.3 is 0 Å². The van der Waals surface area contributed by atoms with E-state index in [9.17, 15) is 0 Å². The van der Waals surface area contributed by atoms with E-state index in [-0.39, 0.29) is 0 Å². The summed E-state index contributed by atoms with van der Waals surface area (Å²) in [6.07, 6.45) is 8.30. The van der Waals surface area contributed by atoms with E-state index in [1.54, 1.807) is 0 Å². The minimum absolute atomic E-state index is 0.592. The fraction of sp³-hybridized carbons (Fsp3) is 0.929. The Morgan fingerprint density at radius 3 is 2.47 bits per heavy atom. The van der Waals surface area contributed by atoms with E-state index in [4.69, 9.17) is 4.99 Å². The Balaban J connectivity index is 1.86. The second-order valence-electron chi connectivity index (χ2n) is 5.61. The molecule has 2 rings (SSSR count). The molecule has 2 N–H and O–H groups in total. The molecule has 0 aromatic rings. The molecule has 17 heavy (non-hydrogen) atoms. The van der Waals surface area contributed by atoms with Gasteiger partial charge in [-0.05, 0) is 50.4 Å². The Labute approximate surface area is 105 Å². The van der Waals surface area contributed by atoms with Crippen molar-refractivity contribution in [3.05, 3.63) is 0 Å². The fourth-order valence-electron chi connectivity index (χ4n) is 2.84. The van der Waals surface area contributed by atoms with Gasteiger partial charge in [0.25, 0.3) is 0 Å². The largest absolute Gasteiger partial charge is 0.357 e. The van der Waals surface area contributed by atoms with E-state index >= 15 is 0 Å². The summed E-state index contributed by atoms with van der Waals surface area (Å²) in [7, 11) is 0. The van der Waals surface area contributed by atoms with Gasteiger partial charge in [0.05, 0.1) is 0 Å². The highest BCUT2D eigenvalue weighted by molar-refractivity contribution is 5.79. The third kappa shape index (κ3) is 3.14. The molecule has 0 bridgehead atoms. The van der Waals surface area contributed by atoms with E-state index in [1.165, 1.54) is 32.1 Å². The summed E-state index contributed by atoms with van der Waals surface area (Å²) in [5.74, 6) is 2.01. The molecular weight excluding hydrogens is 210 g/mol. The lowest BCUT2D eigenvalue weighted by molar-refractivity contribution is 0.113. The Morgan fingerprint density at radius 2 is 2.00 bits per heavy atom. The molecule has 0 saturated heterocycles. The lowest BCUT2D eigenvalue weighted by Gasteiger charge is -2.41.